The standard InChI is InChI=1S/C6H10N6.C3H8/c1-3-11(5-7-1)9-10-12-4-2-8-6-12;1-3-2/h5-6H,1-4H2;3H2,1-2H3. The van der Waals surface area contributed by atoms with Gasteiger partial charge in [-0.15, -0.1) is 0 Å². The van der Waals surface area contributed by atoms with Gasteiger partial charge < -0.3 is 0 Å². The second-order valence-corrected chi connectivity index (χ2v) is 3.26. The van der Waals surface area contributed by atoms with Crippen molar-refractivity contribution in [3.63, 3.8) is 0 Å². The molecular weight excluding hydrogens is 192 g/mol. The van der Waals surface area contributed by atoms with E-state index < -0.39 is 0 Å². The van der Waals surface area contributed by atoms with E-state index in [4.69, 9.17) is 0 Å². The summed E-state index contributed by atoms with van der Waals surface area (Å²) in [5, 5.41) is 11.3. The Hall–Kier alpha value is -1.46. The lowest BCUT2D eigenvalue weighted by atomic mass is 10.6. The summed E-state index contributed by atoms with van der Waals surface area (Å²) < 4.78 is 0. The Labute approximate surface area is 90.4 Å². The van der Waals surface area contributed by atoms with E-state index in [0.717, 1.165) is 26.2 Å². The summed E-state index contributed by atoms with van der Waals surface area (Å²) in [5.74, 6) is 0. The van der Waals surface area contributed by atoms with Gasteiger partial charge in [-0.05, 0) is 10.4 Å². The molecule has 0 saturated heterocycles. The molecule has 0 bridgehead atoms. The number of rotatable bonds is 2. The van der Waals surface area contributed by atoms with Gasteiger partial charge in [0.1, 0.15) is 12.7 Å². The van der Waals surface area contributed by atoms with Crippen molar-refractivity contribution in [1.82, 2.24) is 10.0 Å². The van der Waals surface area contributed by atoms with Crippen molar-refractivity contribution in [1.29, 1.82) is 0 Å². The number of aliphatic imine (C=N–C) groups is 2. The predicted octanol–water partition coefficient (Wildman–Crippen LogP) is 1.37. The molecular formula is C9H18N6. The molecule has 0 aromatic rings. The summed E-state index contributed by atoms with van der Waals surface area (Å²) in [5.41, 5.74) is 0. The Morgan fingerprint density at radius 3 is 1.67 bits per heavy atom. The van der Waals surface area contributed by atoms with E-state index in [-0.39, 0.29) is 0 Å². The highest BCUT2D eigenvalue weighted by atomic mass is 15.7. The monoisotopic (exact) mass is 210 g/mol. The van der Waals surface area contributed by atoms with Crippen LogP contribution in [0.1, 0.15) is 20.3 Å². The van der Waals surface area contributed by atoms with Crippen LogP contribution >= 0.6 is 0 Å². The summed E-state index contributed by atoms with van der Waals surface area (Å²) in [6.45, 7) is 7.53. The average Bonchev–Trinajstić information content (AvgIpc) is 2.90. The fourth-order valence-electron chi connectivity index (χ4n) is 0.978. The average molecular weight is 210 g/mol. The van der Waals surface area contributed by atoms with Gasteiger partial charge in [-0.3, -0.25) is 9.98 Å². The van der Waals surface area contributed by atoms with E-state index in [0.29, 0.717) is 0 Å². The Balaban J connectivity index is 0.000000337. The van der Waals surface area contributed by atoms with Crippen LogP contribution in [-0.4, -0.2) is 48.9 Å². The highest BCUT2D eigenvalue weighted by Gasteiger charge is 2.05. The highest BCUT2D eigenvalue weighted by Crippen LogP contribution is 1.98. The normalized spacial score (nSPS) is 18.8. The predicted molar refractivity (Wildman–Crippen MR) is 61.0 cm³/mol. The number of hydrogen-bond donors (Lipinski definition) is 0. The lowest BCUT2D eigenvalue weighted by Gasteiger charge is -2.06. The Morgan fingerprint density at radius 1 is 1.00 bits per heavy atom. The highest BCUT2D eigenvalue weighted by molar-refractivity contribution is 5.57. The third-order valence-electron chi connectivity index (χ3n) is 1.62. The van der Waals surface area contributed by atoms with Crippen molar-refractivity contribution in [2.75, 3.05) is 26.2 Å². The van der Waals surface area contributed by atoms with Crippen LogP contribution in [0, 0.1) is 0 Å². The zero-order valence-corrected chi connectivity index (χ0v) is 9.37. The molecule has 2 rings (SSSR count). The minimum atomic E-state index is 0.813. The number of nitrogens with zero attached hydrogens (tertiary/aromatic N) is 6. The Bertz CT molecular complexity index is 223. The third kappa shape index (κ3) is 4.53. The van der Waals surface area contributed by atoms with Crippen molar-refractivity contribution in [2.24, 2.45) is 20.4 Å². The molecule has 0 N–H and O–H groups in total. The summed E-state index contributed by atoms with van der Waals surface area (Å²) in [6.07, 6.45) is 4.63. The zero-order chi connectivity index (χ0) is 10.9. The first-order chi connectivity index (χ1) is 7.36. The second kappa shape index (κ2) is 6.92. The van der Waals surface area contributed by atoms with Crippen LogP contribution in [0.4, 0.5) is 0 Å². The molecule has 0 radical (unpaired) electrons. The van der Waals surface area contributed by atoms with Crippen LogP contribution in [0.5, 0.6) is 0 Å². The van der Waals surface area contributed by atoms with E-state index in [9.17, 15) is 0 Å². The van der Waals surface area contributed by atoms with E-state index in [1.165, 1.54) is 6.42 Å². The van der Waals surface area contributed by atoms with Gasteiger partial charge in [0, 0.05) is 0 Å². The van der Waals surface area contributed by atoms with Gasteiger partial charge in [0.05, 0.1) is 26.2 Å². The molecule has 6 nitrogen and oxygen atoms in total. The smallest absolute Gasteiger partial charge is 0.108 e. The molecule has 0 saturated carbocycles. The van der Waals surface area contributed by atoms with Crippen LogP contribution in [-0.2, 0) is 0 Å². The largest absolute Gasteiger partial charge is 0.272 e. The third-order valence-corrected chi connectivity index (χ3v) is 1.62. The maximum absolute atomic E-state index is 4.01. The van der Waals surface area contributed by atoms with Crippen LogP contribution in [0.3, 0.4) is 0 Å². The van der Waals surface area contributed by atoms with Crippen molar-refractivity contribution >= 4 is 12.7 Å². The fraction of sp³-hybridized carbons (Fsp3) is 0.778. The second-order valence-electron chi connectivity index (χ2n) is 3.26. The lowest BCUT2D eigenvalue weighted by molar-refractivity contribution is 0.372. The molecule has 6 heteroatoms. The molecule has 0 atom stereocenters. The Morgan fingerprint density at radius 2 is 1.40 bits per heavy atom. The molecule has 2 aliphatic rings. The first kappa shape index (κ1) is 11.6. The van der Waals surface area contributed by atoms with Gasteiger partial charge in [-0.25, -0.2) is 10.0 Å². The quantitative estimate of drug-likeness (QED) is 0.646. The molecule has 0 aromatic carbocycles. The zero-order valence-electron chi connectivity index (χ0n) is 9.37. The maximum Gasteiger partial charge on any atom is 0.108 e. The molecule has 0 unspecified atom stereocenters. The first-order valence-corrected chi connectivity index (χ1v) is 5.31. The first-order valence-electron chi connectivity index (χ1n) is 5.31. The summed E-state index contributed by atoms with van der Waals surface area (Å²) in [7, 11) is 0. The van der Waals surface area contributed by atoms with E-state index in [2.05, 4.69) is 34.3 Å². The lowest BCUT2D eigenvalue weighted by Crippen LogP contribution is -2.16. The molecule has 15 heavy (non-hydrogen) atoms. The molecule has 0 amide bonds. The van der Waals surface area contributed by atoms with Crippen molar-refractivity contribution < 1.29 is 0 Å². The van der Waals surface area contributed by atoms with Gasteiger partial charge in [0.2, 0.25) is 0 Å². The minimum Gasteiger partial charge on any atom is -0.272 e. The molecule has 0 fully saturated rings. The van der Waals surface area contributed by atoms with Crippen molar-refractivity contribution in [2.45, 2.75) is 20.3 Å². The van der Waals surface area contributed by atoms with Crippen LogP contribution in [0.2, 0.25) is 0 Å². The van der Waals surface area contributed by atoms with Gasteiger partial charge in [0.15, 0.2) is 0 Å². The Kier molecular flexibility index (Phi) is 5.35. The van der Waals surface area contributed by atoms with Crippen molar-refractivity contribution in [3.05, 3.63) is 0 Å². The molecule has 2 aliphatic heterocycles. The maximum atomic E-state index is 4.01. The van der Waals surface area contributed by atoms with Gasteiger partial charge >= 0.3 is 0 Å². The van der Waals surface area contributed by atoms with Gasteiger partial charge in [-0.2, -0.15) is 0 Å². The van der Waals surface area contributed by atoms with Crippen molar-refractivity contribution in [3.8, 4) is 0 Å². The molecule has 2 heterocycles. The molecule has 84 valence electrons. The summed E-state index contributed by atoms with van der Waals surface area (Å²) in [6, 6.07) is 0. The molecule has 0 aliphatic carbocycles. The van der Waals surface area contributed by atoms with Crippen LogP contribution in [0.25, 0.3) is 0 Å². The SMILES string of the molecule is C1=NCCN1N=NN1C=NCC1.CCC. The fourth-order valence-corrected chi connectivity index (χ4v) is 0.978. The minimum absolute atomic E-state index is 0.813. The summed E-state index contributed by atoms with van der Waals surface area (Å²) in [4.78, 5) is 8.01. The van der Waals surface area contributed by atoms with E-state index in [1.54, 1.807) is 22.7 Å². The topological polar surface area (TPSA) is 55.9 Å². The van der Waals surface area contributed by atoms with E-state index in [1.807, 2.05) is 0 Å². The molecule has 0 aromatic heterocycles. The van der Waals surface area contributed by atoms with Gasteiger partial charge in [-0.1, -0.05) is 20.3 Å². The molecule has 0 spiro atoms. The summed E-state index contributed by atoms with van der Waals surface area (Å²) >= 11 is 0. The van der Waals surface area contributed by atoms with Crippen LogP contribution < -0.4 is 0 Å². The number of hydrogen-bond acceptors (Lipinski definition) is 4. The van der Waals surface area contributed by atoms with Crippen LogP contribution in [0.15, 0.2) is 20.4 Å². The van der Waals surface area contributed by atoms with E-state index >= 15 is 0 Å². The van der Waals surface area contributed by atoms with Gasteiger partial charge in [0.25, 0.3) is 0 Å².